The van der Waals surface area contributed by atoms with Crippen molar-refractivity contribution in [2.45, 2.75) is 25.8 Å². The molecular weight excluding hydrogens is 277 g/mol. The van der Waals surface area contributed by atoms with Crippen molar-refractivity contribution in [1.82, 2.24) is 10.3 Å². The van der Waals surface area contributed by atoms with Gasteiger partial charge in [-0.1, -0.05) is 12.1 Å². The van der Waals surface area contributed by atoms with Gasteiger partial charge in [-0.2, -0.15) is 0 Å². The van der Waals surface area contributed by atoms with E-state index in [1.54, 1.807) is 23.5 Å². The highest BCUT2D eigenvalue weighted by Crippen LogP contribution is 2.30. The van der Waals surface area contributed by atoms with Crippen molar-refractivity contribution in [3.8, 4) is 0 Å². The van der Waals surface area contributed by atoms with Gasteiger partial charge in [-0.15, -0.1) is 11.3 Å². The Kier molecular flexibility index (Phi) is 3.64. The van der Waals surface area contributed by atoms with Crippen LogP contribution in [0.25, 0.3) is 0 Å². The molecule has 6 heteroatoms. The molecule has 1 heterocycles. The van der Waals surface area contributed by atoms with Crippen molar-refractivity contribution in [2.75, 3.05) is 5.32 Å². The Morgan fingerprint density at radius 1 is 1.30 bits per heavy atom. The van der Waals surface area contributed by atoms with Gasteiger partial charge in [-0.3, -0.25) is 5.32 Å². The van der Waals surface area contributed by atoms with E-state index in [9.17, 15) is 9.18 Å². The van der Waals surface area contributed by atoms with Gasteiger partial charge in [0.2, 0.25) is 0 Å². The minimum Gasteiger partial charge on any atom is -0.334 e. The fourth-order valence-corrected chi connectivity index (χ4v) is 3.21. The van der Waals surface area contributed by atoms with Crippen LogP contribution >= 0.6 is 11.3 Å². The number of nitrogens with one attached hydrogen (secondary N) is 2. The topological polar surface area (TPSA) is 54.0 Å². The van der Waals surface area contributed by atoms with Crippen molar-refractivity contribution < 1.29 is 9.18 Å². The van der Waals surface area contributed by atoms with Crippen LogP contribution in [0.3, 0.4) is 0 Å². The van der Waals surface area contributed by atoms with Crippen LogP contribution < -0.4 is 10.6 Å². The maximum Gasteiger partial charge on any atom is 0.321 e. The third kappa shape index (κ3) is 2.96. The molecule has 3 rings (SSSR count). The number of halogens is 1. The molecular formula is C14H14FN3OS. The molecule has 0 radical (unpaired) electrons. The maximum absolute atomic E-state index is 12.7. The molecule has 1 aliphatic carbocycles. The van der Waals surface area contributed by atoms with Crippen LogP contribution in [0, 0.1) is 5.82 Å². The lowest BCUT2D eigenvalue weighted by molar-refractivity contribution is 0.251. The van der Waals surface area contributed by atoms with Crippen LogP contribution in [-0.2, 0) is 19.4 Å². The third-order valence-electron chi connectivity index (χ3n) is 3.18. The lowest BCUT2D eigenvalue weighted by Crippen LogP contribution is -2.28. The van der Waals surface area contributed by atoms with Gasteiger partial charge in [0, 0.05) is 11.4 Å². The Morgan fingerprint density at radius 2 is 2.10 bits per heavy atom. The summed E-state index contributed by atoms with van der Waals surface area (Å²) in [5.74, 6) is -0.282. The number of hydrogen-bond acceptors (Lipinski definition) is 3. The van der Waals surface area contributed by atoms with Gasteiger partial charge in [-0.05, 0) is 37.0 Å². The van der Waals surface area contributed by atoms with E-state index in [0.29, 0.717) is 11.7 Å². The second-order valence-corrected chi connectivity index (χ2v) is 5.76. The summed E-state index contributed by atoms with van der Waals surface area (Å²) in [7, 11) is 0. The van der Waals surface area contributed by atoms with Crippen LogP contribution in [0.4, 0.5) is 14.3 Å². The highest BCUT2D eigenvalue weighted by molar-refractivity contribution is 7.15. The molecule has 0 saturated carbocycles. The van der Waals surface area contributed by atoms with Crippen LogP contribution in [0.5, 0.6) is 0 Å². The van der Waals surface area contributed by atoms with E-state index in [-0.39, 0.29) is 11.8 Å². The fourth-order valence-electron chi connectivity index (χ4n) is 2.17. The minimum atomic E-state index is -0.290. The van der Waals surface area contributed by atoms with Gasteiger partial charge in [-0.25, -0.2) is 14.2 Å². The molecule has 20 heavy (non-hydrogen) atoms. The number of carbonyl (C=O) groups is 1. The lowest BCUT2D eigenvalue weighted by atomic mass is 10.2. The van der Waals surface area contributed by atoms with Crippen molar-refractivity contribution in [2.24, 2.45) is 0 Å². The van der Waals surface area contributed by atoms with E-state index >= 15 is 0 Å². The zero-order chi connectivity index (χ0) is 13.9. The predicted octanol–water partition coefficient (Wildman–Crippen LogP) is 3.09. The monoisotopic (exact) mass is 291 g/mol. The van der Waals surface area contributed by atoms with E-state index in [1.807, 2.05) is 0 Å². The molecule has 0 atom stereocenters. The summed E-state index contributed by atoms with van der Waals surface area (Å²) in [6, 6.07) is 5.75. The molecule has 0 bridgehead atoms. The number of hydrogen-bond donors (Lipinski definition) is 2. The van der Waals surface area contributed by atoms with E-state index in [0.717, 1.165) is 30.5 Å². The molecule has 2 amide bonds. The fraction of sp³-hybridized carbons (Fsp3) is 0.286. The van der Waals surface area contributed by atoms with Gasteiger partial charge in [0.1, 0.15) is 5.82 Å². The Morgan fingerprint density at radius 3 is 2.85 bits per heavy atom. The number of benzene rings is 1. The Labute approximate surface area is 120 Å². The van der Waals surface area contributed by atoms with Crippen LogP contribution in [-0.4, -0.2) is 11.0 Å². The Bertz CT molecular complexity index is 602. The smallest absolute Gasteiger partial charge is 0.321 e. The first kappa shape index (κ1) is 13.1. The summed E-state index contributed by atoms with van der Waals surface area (Å²) in [5.41, 5.74) is 1.96. The van der Waals surface area contributed by atoms with E-state index in [2.05, 4.69) is 15.6 Å². The molecule has 1 aromatic carbocycles. The first-order valence-corrected chi connectivity index (χ1v) is 7.30. The number of urea groups is 1. The van der Waals surface area contributed by atoms with Crippen molar-refractivity contribution in [1.29, 1.82) is 0 Å². The first-order valence-electron chi connectivity index (χ1n) is 6.48. The maximum atomic E-state index is 12.7. The third-order valence-corrected chi connectivity index (χ3v) is 4.26. The summed E-state index contributed by atoms with van der Waals surface area (Å²) in [6.45, 7) is 0.358. The SMILES string of the molecule is O=C(NCc1ccc(F)cc1)Nc1nc2c(s1)CCC2. The van der Waals surface area contributed by atoms with E-state index in [4.69, 9.17) is 0 Å². The summed E-state index contributed by atoms with van der Waals surface area (Å²) in [5, 5.41) is 6.11. The summed E-state index contributed by atoms with van der Waals surface area (Å²) >= 11 is 1.54. The van der Waals surface area contributed by atoms with Gasteiger partial charge >= 0.3 is 6.03 Å². The Balaban J connectivity index is 1.53. The second-order valence-electron chi connectivity index (χ2n) is 4.68. The van der Waals surface area contributed by atoms with Crippen molar-refractivity contribution >= 4 is 22.5 Å². The van der Waals surface area contributed by atoms with Gasteiger partial charge in [0.05, 0.1) is 5.69 Å². The molecule has 2 N–H and O–H groups in total. The van der Waals surface area contributed by atoms with Gasteiger partial charge in [0.15, 0.2) is 5.13 Å². The average Bonchev–Trinajstić information content (AvgIpc) is 2.99. The zero-order valence-electron chi connectivity index (χ0n) is 10.8. The molecule has 104 valence electrons. The standard InChI is InChI=1S/C14H14FN3OS/c15-10-6-4-9(5-7-10)8-16-13(19)18-14-17-11-2-1-3-12(11)20-14/h4-7H,1-3,8H2,(H2,16,17,18,19). The van der Waals surface area contributed by atoms with Crippen molar-refractivity contribution in [3.05, 3.63) is 46.2 Å². The lowest BCUT2D eigenvalue weighted by Gasteiger charge is -2.05. The minimum absolute atomic E-state index is 0.282. The van der Waals surface area contributed by atoms with E-state index < -0.39 is 0 Å². The quantitative estimate of drug-likeness (QED) is 0.913. The molecule has 0 aliphatic heterocycles. The molecule has 0 spiro atoms. The molecule has 0 saturated heterocycles. The van der Waals surface area contributed by atoms with E-state index in [1.165, 1.54) is 17.0 Å². The number of aromatic nitrogens is 1. The molecule has 4 nitrogen and oxygen atoms in total. The summed E-state index contributed by atoms with van der Waals surface area (Å²) in [4.78, 5) is 17.4. The number of fused-ring (bicyclic) bond motifs is 1. The molecule has 1 aliphatic rings. The van der Waals surface area contributed by atoms with Crippen LogP contribution in [0.1, 0.15) is 22.6 Å². The molecule has 2 aromatic rings. The van der Waals surface area contributed by atoms with Gasteiger partial charge < -0.3 is 5.32 Å². The molecule has 0 fully saturated rings. The number of anilines is 1. The number of carbonyl (C=O) groups excluding carboxylic acids is 1. The zero-order valence-corrected chi connectivity index (χ0v) is 11.6. The predicted molar refractivity (Wildman–Crippen MR) is 76.4 cm³/mol. The number of thiazole rings is 1. The largest absolute Gasteiger partial charge is 0.334 e. The Hall–Kier alpha value is -1.95. The second kappa shape index (κ2) is 5.58. The molecule has 1 aromatic heterocycles. The number of rotatable bonds is 3. The highest BCUT2D eigenvalue weighted by atomic mass is 32.1. The number of amides is 2. The highest BCUT2D eigenvalue weighted by Gasteiger charge is 2.17. The van der Waals surface area contributed by atoms with Gasteiger partial charge in [0.25, 0.3) is 0 Å². The number of aryl methyl sites for hydroxylation is 2. The first-order chi connectivity index (χ1) is 9.70. The van der Waals surface area contributed by atoms with Crippen LogP contribution in [0.2, 0.25) is 0 Å². The number of nitrogens with zero attached hydrogens (tertiary/aromatic N) is 1. The molecule has 0 unspecified atom stereocenters. The average molecular weight is 291 g/mol. The summed E-state index contributed by atoms with van der Waals surface area (Å²) < 4.78 is 12.7. The normalized spacial score (nSPS) is 13.1. The summed E-state index contributed by atoms with van der Waals surface area (Å²) in [6.07, 6.45) is 3.22. The van der Waals surface area contributed by atoms with Crippen molar-refractivity contribution in [3.63, 3.8) is 0 Å². The van der Waals surface area contributed by atoms with Crippen LogP contribution in [0.15, 0.2) is 24.3 Å².